The van der Waals surface area contributed by atoms with Crippen molar-refractivity contribution in [3.05, 3.63) is 0 Å². The summed E-state index contributed by atoms with van der Waals surface area (Å²) in [6, 6.07) is 0. The quantitative estimate of drug-likeness (QED) is 0.534. The van der Waals surface area contributed by atoms with E-state index in [-0.39, 0.29) is 5.91 Å². The Morgan fingerprint density at radius 3 is 2.50 bits per heavy atom. The molecule has 1 amide bonds. The van der Waals surface area contributed by atoms with E-state index in [4.69, 9.17) is 0 Å². The van der Waals surface area contributed by atoms with Crippen LogP contribution in [0, 0.1) is 0 Å². The summed E-state index contributed by atoms with van der Waals surface area (Å²) < 4.78 is 0. The molecule has 4 heteroatoms. The van der Waals surface area contributed by atoms with Crippen molar-refractivity contribution in [1.29, 1.82) is 0 Å². The second-order valence-electron chi connectivity index (χ2n) is 3.17. The fraction of sp³-hybridized carbons (Fsp3) is 0.900. The molecule has 84 valence electrons. The van der Waals surface area contributed by atoms with Gasteiger partial charge in [-0.05, 0) is 26.1 Å². The number of alkyl halides is 1. The molecule has 0 fully saturated rings. The van der Waals surface area contributed by atoms with Crippen LogP contribution < -0.4 is 5.32 Å². The van der Waals surface area contributed by atoms with Gasteiger partial charge in [-0.15, -0.1) is 0 Å². The normalized spacial score (nSPS) is 10.6. The lowest BCUT2D eigenvalue weighted by molar-refractivity contribution is -0.120. The lowest BCUT2D eigenvalue weighted by atomic mass is 10.3. The summed E-state index contributed by atoms with van der Waals surface area (Å²) in [6.07, 6.45) is 1.61. The SMILES string of the molecule is CCN(CC)CCCNC(=O)CCBr. The Balaban J connectivity index is 3.32. The molecule has 0 radical (unpaired) electrons. The van der Waals surface area contributed by atoms with Crippen molar-refractivity contribution in [2.24, 2.45) is 0 Å². The van der Waals surface area contributed by atoms with Crippen LogP contribution in [0.4, 0.5) is 0 Å². The minimum Gasteiger partial charge on any atom is -0.356 e. The van der Waals surface area contributed by atoms with Crippen molar-refractivity contribution in [2.45, 2.75) is 26.7 Å². The van der Waals surface area contributed by atoms with Crippen LogP contribution in [0.1, 0.15) is 26.7 Å². The molecule has 0 rings (SSSR count). The third-order valence-corrected chi connectivity index (χ3v) is 2.59. The number of hydrogen-bond donors (Lipinski definition) is 1. The predicted octanol–water partition coefficient (Wildman–Crippen LogP) is 1.62. The second-order valence-corrected chi connectivity index (χ2v) is 3.96. The van der Waals surface area contributed by atoms with Gasteiger partial charge in [0.25, 0.3) is 0 Å². The molecular formula is C10H21BrN2O. The van der Waals surface area contributed by atoms with E-state index in [0.717, 1.165) is 37.9 Å². The van der Waals surface area contributed by atoms with Crippen molar-refractivity contribution >= 4 is 21.8 Å². The van der Waals surface area contributed by atoms with Crippen LogP contribution in [-0.4, -0.2) is 42.3 Å². The molecule has 3 nitrogen and oxygen atoms in total. The molecule has 0 aliphatic rings. The first kappa shape index (κ1) is 13.9. The first-order valence-corrected chi connectivity index (χ1v) is 6.41. The van der Waals surface area contributed by atoms with E-state index >= 15 is 0 Å². The first-order chi connectivity index (χ1) is 6.74. The molecule has 0 bridgehead atoms. The van der Waals surface area contributed by atoms with Gasteiger partial charge in [-0.25, -0.2) is 0 Å². The third-order valence-electron chi connectivity index (χ3n) is 2.19. The van der Waals surface area contributed by atoms with Crippen molar-refractivity contribution in [3.8, 4) is 0 Å². The number of halogens is 1. The molecule has 0 heterocycles. The molecule has 0 saturated heterocycles. The highest BCUT2D eigenvalue weighted by Gasteiger charge is 2.00. The maximum Gasteiger partial charge on any atom is 0.220 e. The van der Waals surface area contributed by atoms with Crippen LogP contribution in [0.25, 0.3) is 0 Å². The fourth-order valence-corrected chi connectivity index (χ4v) is 1.60. The van der Waals surface area contributed by atoms with Crippen LogP contribution in [0.3, 0.4) is 0 Å². The largest absolute Gasteiger partial charge is 0.356 e. The summed E-state index contributed by atoms with van der Waals surface area (Å²) in [5, 5.41) is 3.64. The summed E-state index contributed by atoms with van der Waals surface area (Å²) in [5.41, 5.74) is 0. The lowest BCUT2D eigenvalue weighted by Gasteiger charge is -2.17. The minimum atomic E-state index is 0.140. The molecule has 0 aromatic heterocycles. The van der Waals surface area contributed by atoms with Gasteiger partial charge in [0.1, 0.15) is 0 Å². The van der Waals surface area contributed by atoms with E-state index in [0.29, 0.717) is 6.42 Å². The second kappa shape index (κ2) is 9.46. The standard InChI is InChI=1S/C10H21BrN2O/c1-3-13(4-2)9-5-8-12-10(14)6-7-11/h3-9H2,1-2H3,(H,12,14). The van der Waals surface area contributed by atoms with Crippen LogP contribution in [0.15, 0.2) is 0 Å². The van der Waals surface area contributed by atoms with Crippen molar-refractivity contribution < 1.29 is 4.79 Å². The Bertz CT molecular complexity index is 149. The Labute approximate surface area is 95.4 Å². The lowest BCUT2D eigenvalue weighted by Crippen LogP contribution is -2.29. The molecule has 0 spiro atoms. The van der Waals surface area contributed by atoms with Gasteiger partial charge in [0.15, 0.2) is 0 Å². The number of nitrogens with one attached hydrogen (secondary N) is 1. The van der Waals surface area contributed by atoms with Crippen LogP contribution in [-0.2, 0) is 4.79 Å². The smallest absolute Gasteiger partial charge is 0.220 e. The highest BCUT2D eigenvalue weighted by molar-refractivity contribution is 9.09. The van der Waals surface area contributed by atoms with Crippen molar-refractivity contribution in [3.63, 3.8) is 0 Å². The average Bonchev–Trinajstić information content (AvgIpc) is 2.19. The fourth-order valence-electron chi connectivity index (χ4n) is 1.24. The van der Waals surface area contributed by atoms with Gasteiger partial charge >= 0.3 is 0 Å². The van der Waals surface area contributed by atoms with E-state index in [1.54, 1.807) is 0 Å². The Morgan fingerprint density at radius 1 is 1.36 bits per heavy atom. The Kier molecular flexibility index (Phi) is 9.40. The monoisotopic (exact) mass is 264 g/mol. The zero-order valence-electron chi connectivity index (χ0n) is 9.18. The number of rotatable bonds is 8. The van der Waals surface area contributed by atoms with E-state index in [1.807, 2.05) is 0 Å². The highest BCUT2D eigenvalue weighted by atomic mass is 79.9. The molecular weight excluding hydrogens is 244 g/mol. The van der Waals surface area contributed by atoms with Gasteiger partial charge in [0.2, 0.25) is 5.91 Å². The zero-order valence-corrected chi connectivity index (χ0v) is 10.8. The summed E-state index contributed by atoms with van der Waals surface area (Å²) >= 11 is 3.24. The van der Waals surface area contributed by atoms with Gasteiger partial charge in [-0.3, -0.25) is 4.79 Å². The Morgan fingerprint density at radius 2 is 2.00 bits per heavy atom. The molecule has 0 atom stereocenters. The molecule has 14 heavy (non-hydrogen) atoms. The molecule has 0 aliphatic heterocycles. The van der Waals surface area contributed by atoms with Gasteiger partial charge in [0, 0.05) is 18.3 Å². The van der Waals surface area contributed by atoms with Gasteiger partial charge in [-0.1, -0.05) is 29.8 Å². The van der Waals surface area contributed by atoms with Crippen molar-refractivity contribution in [2.75, 3.05) is 31.5 Å². The van der Waals surface area contributed by atoms with E-state index in [1.165, 1.54) is 0 Å². The Hall–Kier alpha value is -0.0900. The zero-order chi connectivity index (χ0) is 10.8. The molecule has 1 N–H and O–H groups in total. The first-order valence-electron chi connectivity index (χ1n) is 5.29. The van der Waals surface area contributed by atoms with Gasteiger partial charge in [-0.2, -0.15) is 0 Å². The number of hydrogen-bond acceptors (Lipinski definition) is 2. The molecule has 0 saturated carbocycles. The summed E-state index contributed by atoms with van der Waals surface area (Å²) in [5.74, 6) is 0.140. The molecule has 0 unspecified atom stereocenters. The topological polar surface area (TPSA) is 32.3 Å². The van der Waals surface area contributed by atoms with Crippen LogP contribution >= 0.6 is 15.9 Å². The maximum absolute atomic E-state index is 11.1. The van der Waals surface area contributed by atoms with Crippen molar-refractivity contribution in [1.82, 2.24) is 10.2 Å². The van der Waals surface area contributed by atoms with Crippen LogP contribution in [0.5, 0.6) is 0 Å². The molecule has 0 aromatic rings. The minimum absolute atomic E-state index is 0.140. The summed E-state index contributed by atoms with van der Waals surface area (Å²) in [6.45, 7) is 8.36. The number of carbonyl (C=O) groups is 1. The van der Waals surface area contributed by atoms with E-state index < -0.39 is 0 Å². The molecule has 0 aliphatic carbocycles. The van der Waals surface area contributed by atoms with Gasteiger partial charge in [0.05, 0.1) is 0 Å². The third kappa shape index (κ3) is 7.33. The van der Waals surface area contributed by atoms with E-state index in [9.17, 15) is 4.79 Å². The summed E-state index contributed by atoms with van der Waals surface area (Å²) in [7, 11) is 0. The number of amides is 1. The summed E-state index contributed by atoms with van der Waals surface area (Å²) in [4.78, 5) is 13.4. The van der Waals surface area contributed by atoms with Gasteiger partial charge < -0.3 is 10.2 Å². The predicted molar refractivity (Wildman–Crippen MR) is 63.8 cm³/mol. The van der Waals surface area contributed by atoms with Crippen LogP contribution in [0.2, 0.25) is 0 Å². The highest BCUT2D eigenvalue weighted by Crippen LogP contribution is 1.90. The van der Waals surface area contributed by atoms with E-state index in [2.05, 4.69) is 40.0 Å². The molecule has 0 aromatic carbocycles. The average molecular weight is 265 g/mol. The number of nitrogens with zero attached hydrogens (tertiary/aromatic N) is 1. The number of carbonyl (C=O) groups excluding carboxylic acids is 1. The maximum atomic E-state index is 11.1.